The van der Waals surface area contributed by atoms with Crippen LogP contribution in [0.25, 0.3) is 0 Å². The number of carbonyl (C=O) groups excluding carboxylic acids is 1. The van der Waals surface area contributed by atoms with Crippen LogP contribution in [-0.4, -0.2) is 18.1 Å². The predicted molar refractivity (Wildman–Crippen MR) is 73.2 cm³/mol. The van der Waals surface area contributed by atoms with Crippen LogP contribution in [0.4, 0.5) is 0 Å². The molecule has 2 aromatic rings. The summed E-state index contributed by atoms with van der Waals surface area (Å²) in [6.07, 6.45) is 1.85. The van der Waals surface area contributed by atoms with Crippen LogP contribution >= 0.6 is 0 Å². The molecule has 0 bridgehead atoms. The lowest BCUT2D eigenvalue weighted by Gasteiger charge is -2.10. The fourth-order valence-corrected chi connectivity index (χ4v) is 1.50. The van der Waals surface area contributed by atoms with Gasteiger partial charge in [-0.15, -0.1) is 0 Å². The number of methoxy groups -OCH3 is 1. The summed E-state index contributed by atoms with van der Waals surface area (Å²) in [7, 11) is 1.58. The molecule has 0 spiro atoms. The Hall–Kier alpha value is -2.56. The molecule has 0 aliphatic heterocycles. The summed E-state index contributed by atoms with van der Waals surface area (Å²) < 4.78 is 15.9. The third-order valence-electron chi connectivity index (χ3n) is 2.50. The van der Waals surface area contributed by atoms with Crippen molar-refractivity contribution in [3.05, 3.63) is 42.6 Å². The lowest BCUT2D eigenvalue weighted by atomic mass is 10.3. The second-order valence-electron chi connectivity index (χ2n) is 3.92. The Balaban J connectivity index is 2.22. The molecule has 0 aliphatic rings. The first kappa shape index (κ1) is 13.9. The van der Waals surface area contributed by atoms with Gasteiger partial charge in [0.15, 0.2) is 5.75 Å². The number of hydrogen-bond acceptors (Lipinski definition) is 5. The highest BCUT2D eigenvalue weighted by molar-refractivity contribution is 5.72. The van der Waals surface area contributed by atoms with Gasteiger partial charge in [-0.25, -0.2) is 4.98 Å². The Kier molecular flexibility index (Phi) is 4.55. The Bertz CT molecular complexity index is 598. The van der Waals surface area contributed by atoms with Crippen molar-refractivity contribution in [1.29, 1.82) is 0 Å². The van der Waals surface area contributed by atoms with Crippen molar-refractivity contribution < 1.29 is 19.0 Å². The summed E-state index contributed by atoms with van der Waals surface area (Å²) in [6.45, 7) is 1.72. The Morgan fingerprint density at radius 1 is 1.20 bits per heavy atom. The van der Waals surface area contributed by atoms with Gasteiger partial charge in [-0.3, -0.25) is 4.79 Å². The highest BCUT2D eigenvalue weighted by Crippen LogP contribution is 2.30. The number of carbonyl (C=O) groups is 1. The summed E-state index contributed by atoms with van der Waals surface area (Å²) in [5, 5.41) is 0. The smallest absolute Gasteiger partial charge is 0.311 e. The molecule has 20 heavy (non-hydrogen) atoms. The third kappa shape index (κ3) is 3.47. The lowest BCUT2D eigenvalue weighted by Crippen LogP contribution is -2.06. The number of ether oxygens (including phenoxy) is 3. The molecule has 0 amide bonds. The minimum Gasteiger partial charge on any atom is -0.497 e. The molecule has 0 N–H and O–H groups in total. The average Bonchev–Trinajstić information content (AvgIpc) is 2.49. The van der Waals surface area contributed by atoms with E-state index >= 15 is 0 Å². The van der Waals surface area contributed by atoms with Crippen molar-refractivity contribution in [2.75, 3.05) is 7.11 Å². The van der Waals surface area contributed by atoms with Crippen LogP contribution in [0.15, 0.2) is 42.6 Å². The van der Waals surface area contributed by atoms with Gasteiger partial charge in [0.1, 0.15) is 11.5 Å². The van der Waals surface area contributed by atoms with E-state index in [4.69, 9.17) is 14.2 Å². The number of aromatic nitrogens is 1. The van der Waals surface area contributed by atoms with Crippen LogP contribution < -0.4 is 14.2 Å². The number of benzene rings is 1. The lowest BCUT2D eigenvalue weighted by molar-refractivity contribution is -0.134. The highest BCUT2D eigenvalue weighted by Gasteiger charge is 2.11. The van der Waals surface area contributed by atoms with Crippen molar-refractivity contribution >= 4 is 5.97 Å². The Morgan fingerprint density at radius 2 is 2.00 bits per heavy atom. The zero-order valence-corrected chi connectivity index (χ0v) is 11.3. The van der Waals surface area contributed by atoms with Crippen molar-refractivity contribution in [3.8, 4) is 23.1 Å². The van der Waals surface area contributed by atoms with Gasteiger partial charge in [0.25, 0.3) is 5.88 Å². The molecule has 5 nitrogen and oxygen atoms in total. The van der Waals surface area contributed by atoms with E-state index in [-0.39, 0.29) is 18.3 Å². The summed E-state index contributed by atoms with van der Waals surface area (Å²) in [5.74, 6) is 1.42. The van der Waals surface area contributed by atoms with E-state index in [0.29, 0.717) is 17.2 Å². The molecule has 2 rings (SSSR count). The van der Waals surface area contributed by atoms with Crippen LogP contribution in [0.1, 0.15) is 13.3 Å². The van der Waals surface area contributed by atoms with E-state index in [1.165, 1.54) is 0 Å². The van der Waals surface area contributed by atoms with Crippen LogP contribution in [0.3, 0.4) is 0 Å². The van der Waals surface area contributed by atoms with E-state index in [2.05, 4.69) is 4.98 Å². The number of nitrogens with zero attached hydrogens (tertiary/aromatic N) is 1. The first-order valence-corrected chi connectivity index (χ1v) is 6.20. The van der Waals surface area contributed by atoms with Gasteiger partial charge < -0.3 is 14.2 Å². The zero-order chi connectivity index (χ0) is 14.4. The highest BCUT2D eigenvalue weighted by atomic mass is 16.6. The molecule has 0 unspecified atom stereocenters. The van der Waals surface area contributed by atoms with E-state index in [1.54, 1.807) is 50.6 Å². The Labute approximate surface area is 117 Å². The summed E-state index contributed by atoms with van der Waals surface area (Å²) in [6, 6.07) is 10.4. The van der Waals surface area contributed by atoms with Crippen LogP contribution in [0.5, 0.6) is 23.1 Å². The average molecular weight is 273 g/mol. The third-order valence-corrected chi connectivity index (χ3v) is 2.50. The Morgan fingerprint density at radius 3 is 2.75 bits per heavy atom. The second kappa shape index (κ2) is 6.56. The molecule has 104 valence electrons. The molecule has 0 saturated carbocycles. The van der Waals surface area contributed by atoms with Gasteiger partial charge in [-0.1, -0.05) is 13.0 Å². The molecule has 0 radical (unpaired) electrons. The number of pyridine rings is 1. The zero-order valence-electron chi connectivity index (χ0n) is 11.3. The van der Waals surface area contributed by atoms with Crippen LogP contribution in [-0.2, 0) is 4.79 Å². The minimum atomic E-state index is -0.339. The van der Waals surface area contributed by atoms with E-state index < -0.39 is 0 Å². The summed E-state index contributed by atoms with van der Waals surface area (Å²) in [4.78, 5) is 15.4. The number of rotatable bonds is 5. The van der Waals surface area contributed by atoms with E-state index in [1.807, 2.05) is 6.07 Å². The predicted octanol–water partition coefficient (Wildman–Crippen LogP) is 3.20. The van der Waals surface area contributed by atoms with Gasteiger partial charge in [0.2, 0.25) is 0 Å². The standard InChI is InChI=1S/C15H15NO4/c1-3-14(17)20-13-8-5-9-16-15(13)19-12-7-4-6-11(10-12)18-2/h4-10H,3H2,1-2H3. The fourth-order valence-electron chi connectivity index (χ4n) is 1.50. The fraction of sp³-hybridized carbons (Fsp3) is 0.200. The van der Waals surface area contributed by atoms with Gasteiger partial charge in [-0.2, -0.15) is 0 Å². The second-order valence-corrected chi connectivity index (χ2v) is 3.92. The minimum absolute atomic E-state index is 0.238. The van der Waals surface area contributed by atoms with E-state index in [0.717, 1.165) is 0 Å². The molecular weight excluding hydrogens is 258 g/mol. The topological polar surface area (TPSA) is 57.7 Å². The number of esters is 1. The normalized spacial score (nSPS) is 9.90. The molecule has 0 saturated heterocycles. The van der Waals surface area contributed by atoms with Gasteiger partial charge in [-0.05, 0) is 24.3 Å². The molecule has 0 fully saturated rings. The summed E-state index contributed by atoms with van der Waals surface area (Å²) in [5.41, 5.74) is 0. The monoisotopic (exact) mass is 273 g/mol. The van der Waals surface area contributed by atoms with E-state index in [9.17, 15) is 4.79 Å². The molecule has 0 atom stereocenters. The molecule has 1 aromatic carbocycles. The first-order chi connectivity index (χ1) is 9.72. The molecule has 1 heterocycles. The van der Waals surface area contributed by atoms with Crippen molar-refractivity contribution in [1.82, 2.24) is 4.98 Å². The first-order valence-electron chi connectivity index (χ1n) is 6.20. The van der Waals surface area contributed by atoms with Crippen molar-refractivity contribution in [2.24, 2.45) is 0 Å². The van der Waals surface area contributed by atoms with Crippen LogP contribution in [0.2, 0.25) is 0 Å². The maximum Gasteiger partial charge on any atom is 0.311 e. The molecule has 5 heteroatoms. The van der Waals surface area contributed by atoms with Crippen molar-refractivity contribution in [3.63, 3.8) is 0 Å². The van der Waals surface area contributed by atoms with Gasteiger partial charge in [0, 0.05) is 18.7 Å². The molecule has 0 aliphatic carbocycles. The molecular formula is C15H15NO4. The largest absolute Gasteiger partial charge is 0.497 e. The van der Waals surface area contributed by atoms with Gasteiger partial charge >= 0.3 is 5.97 Å². The molecule has 1 aromatic heterocycles. The maximum atomic E-state index is 11.4. The van der Waals surface area contributed by atoms with Gasteiger partial charge in [0.05, 0.1) is 7.11 Å². The number of hydrogen-bond donors (Lipinski definition) is 0. The SMILES string of the molecule is CCC(=O)Oc1cccnc1Oc1cccc(OC)c1. The van der Waals surface area contributed by atoms with Crippen molar-refractivity contribution in [2.45, 2.75) is 13.3 Å². The maximum absolute atomic E-state index is 11.4. The summed E-state index contributed by atoms with van der Waals surface area (Å²) >= 11 is 0. The van der Waals surface area contributed by atoms with Crippen LogP contribution in [0, 0.1) is 0 Å². The quantitative estimate of drug-likeness (QED) is 0.783.